The van der Waals surface area contributed by atoms with Crippen molar-refractivity contribution >= 4 is 11.8 Å². The van der Waals surface area contributed by atoms with Gasteiger partial charge in [0.25, 0.3) is 0 Å². The maximum atomic E-state index is 12.4. The number of hydrogen-bond donors (Lipinski definition) is 0. The summed E-state index contributed by atoms with van der Waals surface area (Å²) in [5, 5.41) is 0. The number of likely N-dealkylation sites (tertiary alicyclic amines) is 1. The van der Waals surface area contributed by atoms with Gasteiger partial charge in [-0.25, -0.2) is 0 Å². The Kier molecular flexibility index (Phi) is 14.7. The summed E-state index contributed by atoms with van der Waals surface area (Å²) in [5.74, 6) is -0.965. The van der Waals surface area contributed by atoms with E-state index in [0.29, 0.717) is 13.0 Å². The van der Waals surface area contributed by atoms with Gasteiger partial charge in [-0.05, 0) is 100.0 Å². The predicted molar refractivity (Wildman–Crippen MR) is 144 cm³/mol. The number of carbonyl (C=O) groups excluding carboxylic acids is 2. The molecule has 0 aromatic carbocycles. The minimum atomic E-state index is -0.637. The van der Waals surface area contributed by atoms with E-state index >= 15 is 0 Å². The molecule has 192 valence electrons. The molecule has 1 aliphatic rings. The average molecular weight is 472 g/mol. The van der Waals surface area contributed by atoms with Crippen molar-refractivity contribution < 1.29 is 14.3 Å². The van der Waals surface area contributed by atoms with E-state index in [2.05, 4.69) is 63.8 Å². The monoisotopic (exact) mass is 471 g/mol. The summed E-state index contributed by atoms with van der Waals surface area (Å²) in [6.07, 6.45) is 18.1. The molecule has 1 rings (SSSR count). The fourth-order valence-electron chi connectivity index (χ4n) is 4.46. The van der Waals surface area contributed by atoms with Crippen LogP contribution in [0.15, 0.2) is 46.6 Å². The third-order valence-electron chi connectivity index (χ3n) is 6.66. The molecule has 1 heterocycles. The second-order valence-corrected chi connectivity index (χ2v) is 10.1. The minimum absolute atomic E-state index is 0.0294. The first-order valence-corrected chi connectivity index (χ1v) is 13.2. The molecule has 0 amide bonds. The summed E-state index contributed by atoms with van der Waals surface area (Å²) in [4.78, 5) is 26.9. The Labute approximate surface area is 209 Å². The minimum Gasteiger partial charge on any atom is -0.465 e. The molecule has 0 saturated carbocycles. The molecule has 34 heavy (non-hydrogen) atoms. The zero-order valence-electron chi connectivity index (χ0n) is 22.9. The topological polar surface area (TPSA) is 46.6 Å². The normalized spacial score (nSPS) is 20.4. The van der Waals surface area contributed by atoms with E-state index in [4.69, 9.17) is 4.74 Å². The summed E-state index contributed by atoms with van der Waals surface area (Å²) in [6.45, 7) is 13.8. The largest absolute Gasteiger partial charge is 0.465 e. The van der Waals surface area contributed by atoms with Gasteiger partial charge in [0.15, 0.2) is 0 Å². The molecule has 1 saturated heterocycles. The summed E-state index contributed by atoms with van der Waals surface area (Å²) in [7, 11) is 2.01. The Morgan fingerprint density at radius 2 is 1.41 bits per heavy atom. The molecule has 2 unspecified atom stereocenters. The number of unbranched alkanes of at least 4 members (excludes halogenated alkanes) is 1. The lowest BCUT2D eigenvalue weighted by molar-refractivity contribution is -0.156. The summed E-state index contributed by atoms with van der Waals surface area (Å²) >= 11 is 0. The van der Waals surface area contributed by atoms with Crippen molar-refractivity contribution in [3.05, 3.63) is 46.6 Å². The maximum absolute atomic E-state index is 12.4. The Bertz CT molecular complexity index is 768. The van der Waals surface area contributed by atoms with Crippen LogP contribution in [0, 0.1) is 5.92 Å². The van der Waals surface area contributed by atoms with E-state index in [1.807, 2.05) is 7.05 Å². The van der Waals surface area contributed by atoms with Gasteiger partial charge in [0, 0.05) is 19.0 Å². The van der Waals surface area contributed by atoms with Crippen LogP contribution in [0.1, 0.15) is 99.3 Å². The summed E-state index contributed by atoms with van der Waals surface area (Å²) < 4.78 is 5.19. The fraction of sp³-hybridized carbons (Fsp3) is 0.667. The average Bonchev–Trinajstić information content (AvgIpc) is 2.77. The molecule has 0 aromatic rings. The van der Waals surface area contributed by atoms with Gasteiger partial charge in [-0.2, -0.15) is 0 Å². The van der Waals surface area contributed by atoms with Crippen molar-refractivity contribution in [3.8, 4) is 0 Å². The molecule has 0 spiro atoms. The van der Waals surface area contributed by atoms with Crippen molar-refractivity contribution in [3.63, 3.8) is 0 Å². The smallest absolute Gasteiger partial charge is 0.318 e. The number of Topliss-reactive ketones (excluding diaryl/α,β-unsaturated/α-hetero) is 1. The molecule has 4 nitrogen and oxygen atoms in total. The third kappa shape index (κ3) is 12.0. The highest BCUT2D eigenvalue weighted by Crippen LogP contribution is 2.26. The molecule has 0 radical (unpaired) electrons. The highest BCUT2D eigenvalue weighted by molar-refractivity contribution is 6.00. The lowest BCUT2D eigenvalue weighted by Gasteiger charge is -2.37. The molecular weight excluding hydrogens is 422 g/mol. The van der Waals surface area contributed by atoms with Crippen molar-refractivity contribution in [1.82, 2.24) is 4.90 Å². The van der Waals surface area contributed by atoms with Crippen molar-refractivity contribution in [2.24, 2.45) is 5.92 Å². The number of piperidine rings is 1. The molecule has 2 atom stereocenters. The van der Waals surface area contributed by atoms with Crippen LogP contribution in [-0.4, -0.2) is 42.9 Å². The first-order chi connectivity index (χ1) is 16.1. The van der Waals surface area contributed by atoms with Gasteiger partial charge in [-0.3, -0.25) is 9.59 Å². The maximum Gasteiger partial charge on any atom is 0.318 e. The molecule has 1 aliphatic heterocycles. The van der Waals surface area contributed by atoms with E-state index in [-0.39, 0.29) is 17.8 Å². The second-order valence-electron chi connectivity index (χ2n) is 10.1. The Morgan fingerprint density at radius 1 is 0.882 bits per heavy atom. The number of esters is 1. The molecule has 1 fully saturated rings. The predicted octanol–water partition coefficient (Wildman–Crippen LogP) is 7.36. The molecule has 0 N–H and O–H groups in total. The SMILES string of the molecule is CCOC(=O)C1C(=O)CCN(C)C1CC/C(C)=C/CC/C=C(\C)CC/C=C(\C)CCC=C(C)C. The Morgan fingerprint density at radius 3 is 1.97 bits per heavy atom. The van der Waals surface area contributed by atoms with Crippen molar-refractivity contribution in [2.75, 3.05) is 20.2 Å². The van der Waals surface area contributed by atoms with Gasteiger partial charge in [-0.1, -0.05) is 46.6 Å². The van der Waals surface area contributed by atoms with Gasteiger partial charge >= 0.3 is 5.97 Å². The van der Waals surface area contributed by atoms with Crippen LogP contribution in [-0.2, 0) is 14.3 Å². The molecule has 0 bridgehead atoms. The number of ether oxygens (including phenoxy) is 1. The number of rotatable bonds is 14. The number of carbonyl (C=O) groups is 2. The summed E-state index contributed by atoms with van der Waals surface area (Å²) in [5.41, 5.74) is 5.67. The van der Waals surface area contributed by atoms with E-state index in [1.165, 1.54) is 22.3 Å². The van der Waals surface area contributed by atoms with Gasteiger partial charge in [0.2, 0.25) is 0 Å². The standard InChI is InChI=1S/C30H49NO3/c1-8-34-30(33)29-27(31(7)22-21-28(29)32)20-19-26(6)15-10-9-14-24(4)17-12-18-25(5)16-11-13-23(2)3/h13-15,18,27,29H,8-12,16-17,19-22H2,1-7H3/b24-14+,25-18+,26-15+. The summed E-state index contributed by atoms with van der Waals surface area (Å²) in [6, 6.07) is -0.0654. The molecule has 0 aromatic heterocycles. The zero-order chi connectivity index (χ0) is 25.5. The van der Waals surface area contributed by atoms with Crippen LogP contribution in [0.2, 0.25) is 0 Å². The Hall–Kier alpha value is -1.94. The Balaban J connectivity index is 2.43. The first kappa shape index (κ1) is 30.1. The number of nitrogens with zero attached hydrogens (tertiary/aromatic N) is 1. The molecule has 4 heteroatoms. The quantitative estimate of drug-likeness (QED) is 0.115. The number of allylic oxidation sites excluding steroid dienone is 8. The fourth-order valence-corrected chi connectivity index (χ4v) is 4.46. The van der Waals surface area contributed by atoms with Crippen LogP contribution in [0.5, 0.6) is 0 Å². The van der Waals surface area contributed by atoms with E-state index in [1.54, 1.807) is 6.92 Å². The van der Waals surface area contributed by atoms with Crippen LogP contribution >= 0.6 is 0 Å². The zero-order valence-corrected chi connectivity index (χ0v) is 22.9. The van der Waals surface area contributed by atoms with E-state index < -0.39 is 5.92 Å². The number of ketones is 1. The highest BCUT2D eigenvalue weighted by Gasteiger charge is 2.40. The lowest BCUT2D eigenvalue weighted by Crippen LogP contribution is -2.51. The van der Waals surface area contributed by atoms with Crippen LogP contribution < -0.4 is 0 Å². The first-order valence-electron chi connectivity index (χ1n) is 13.2. The molecule has 0 aliphatic carbocycles. The van der Waals surface area contributed by atoms with Gasteiger partial charge in [-0.15, -0.1) is 0 Å². The third-order valence-corrected chi connectivity index (χ3v) is 6.66. The lowest BCUT2D eigenvalue weighted by atomic mass is 9.85. The van der Waals surface area contributed by atoms with Gasteiger partial charge < -0.3 is 9.64 Å². The van der Waals surface area contributed by atoms with Crippen LogP contribution in [0.25, 0.3) is 0 Å². The van der Waals surface area contributed by atoms with E-state index in [0.717, 1.165) is 57.9 Å². The van der Waals surface area contributed by atoms with Gasteiger partial charge in [0.1, 0.15) is 11.7 Å². The van der Waals surface area contributed by atoms with Crippen molar-refractivity contribution in [1.29, 1.82) is 0 Å². The van der Waals surface area contributed by atoms with Gasteiger partial charge in [0.05, 0.1) is 6.61 Å². The second kappa shape index (κ2) is 16.6. The van der Waals surface area contributed by atoms with E-state index in [9.17, 15) is 9.59 Å². The molecular formula is C30H49NO3. The number of hydrogen-bond acceptors (Lipinski definition) is 4. The van der Waals surface area contributed by atoms with Crippen LogP contribution in [0.4, 0.5) is 0 Å². The van der Waals surface area contributed by atoms with Crippen molar-refractivity contribution in [2.45, 2.75) is 105 Å². The highest BCUT2D eigenvalue weighted by atomic mass is 16.5. The van der Waals surface area contributed by atoms with Crippen LogP contribution in [0.3, 0.4) is 0 Å².